The number of hydrogen-bond acceptors (Lipinski definition) is 3. The first kappa shape index (κ1) is 27.0. The van der Waals surface area contributed by atoms with Crippen LogP contribution in [0.3, 0.4) is 0 Å². The quantitative estimate of drug-likeness (QED) is 0.307. The van der Waals surface area contributed by atoms with E-state index >= 15 is 0 Å². The Morgan fingerprint density at radius 3 is 2.26 bits per heavy atom. The molecule has 184 valence electrons. The minimum absolute atomic E-state index is 0.0487. The van der Waals surface area contributed by atoms with Crippen molar-refractivity contribution in [2.24, 2.45) is 0 Å². The van der Waals surface area contributed by atoms with Crippen LogP contribution < -0.4 is 10.1 Å². The molecule has 3 rings (SSSR count). The first-order valence-corrected chi connectivity index (χ1v) is 13.1. The number of nitrogens with zero attached hydrogens (tertiary/aromatic N) is 1. The highest BCUT2D eigenvalue weighted by Crippen LogP contribution is 2.22. The summed E-state index contributed by atoms with van der Waals surface area (Å²) in [5.41, 5.74) is 2.92. The first-order valence-electron chi connectivity index (χ1n) is 11.5. The van der Waals surface area contributed by atoms with Crippen molar-refractivity contribution in [2.75, 3.05) is 6.61 Å². The summed E-state index contributed by atoms with van der Waals surface area (Å²) < 4.78 is 7.78. The van der Waals surface area contributed by atoms with Crippen LogP contribution in [-0.2, 0) is 22.6 Å². The molecule has 3 aromatic rings. The molecule has 3 aromatic carbocycles. The summed E-state index contributed by atoms with van der Waals surface area (Å²) in [6, 6.07) is 22.4. The SMILES string of the molecule is Cc1cc(OCC(=O)N(Cc2ccc(Br)cc2)[C@H](Cc2ccccc2)C(=O)NC(C)C)ccc1Br. The van der Waals surface area contributed by atoms with E-state index in [1.54, 1.807) is 4.90 Å². The average molecular weight is 602 g/mol. The van der Waals surface area contributed by atoms with Crippen molar-refractivity contribution in [3.63, 3.8) is 0 Å². The molecule has 1 atom stereocenters. The molecule has 0 aliphatic rings. The maximum atomic E-state index is 13.6. The molecule has 0 aliphatic carbocycles. The largest absolute Gasteiger partial charge is 0.484 e. The number of hydrogen-bond donors (Lipinski definition) is 1. The molecule has 0 fully saturated rings. The number of benzene rings is 3. The van der Waals surface area contributed by atoms with Gasteiger partial charge >= 0.3 is 0 Å². The van der Waals surface area contributed by atoms with Gasteiger partial charge < -0.3 is 15.0 Å². The van der Waals surface area contributed by atoms with Gasteiger partial charge in [-0.05, 0) is 67.8 Å². The van der Waals surface area contributed by atoms with E-state index in [1.165, 1.54) is 0 Å². The van der Waals surface area contributed by atoms with Crippen molar-refractivity contribution < 1.29 is 14.3 Å². The molecule has 7 heteroatoms. The van der Waals surface area contributed by atoms with E-state index < -0.39 is 6.04 Å². The van der Waals surface area contributed by atoms with Gasteiger partial charge in [0, 0.05) is 28.0 Å². The third-order valence-electron chi connectivity index (χ3n) is 5.46. The van der Waals surface area contributed by atoms with Gasteiger partial charge in [-0.1, -0.05) is 74.3 Å². The van der Waals surface area contributed by atoms with Gasteiger partial charge in [0.2, 0.25) is 5.91 Å². The highest BCUT2D eigenvalue weighted by molar-refractivity contribution is 9.10. The zero-order chi connectivity index (χ0) is 25.4. The smallest absolute Gasteiger partial charge is 0.261 e. The molecule has 0 aromatic heterocycles. The van der Waals surface area contributed by atoms with E-state index in [4.69, 9.17) is 4.74 Å². The minimum atomic E-state index is -0.689. The molecular formula is C28H30Br2N2O3. The highest BCUT2D eigenvalue weighted by atomic mass is 79.9. The maximum absolute atomic E-state index is 13.6. The Balaban J connectivity index is 1.90. The number of rotatable bonds is 10. The molecule has 5 nitrogen and oxygen atoms in total. The monoisotopic (exact) mass is 600 g/mol. The van der Waals surface area contributed by atoms with Gasteiger partial charge in [-0.3, -0.25) is 9.59 Å². The maximum Gasteiger partial charge on any atom is 0.261 e. The van der Waals surface area contributed by atoms with Crippen LogP contribution in [-0.4, -0.2) is 35.4 Å². The lowest BCUT2D eigenvalue weighted by Crippen LogP contribution is -2.52. The Kier molecular flexibility index (Phi) is 9.93. The van der Waals surface area contributed by atoms with Crippen molar-refractivity contribution >= 4 is 43.7 Å². The predicted molar refractivity (Wildman–Crippen MR) is 146 cm³/mol. The molecule has 2 amide bonds. The van der Waals surface area contributed by atoms with E-state index in [9.17, 15) is 9.59 Å². The third kappa shape index (κ3) is 8.22. The van der Waals surface area contributed by atoms with Crippen LogP contribution in [0.4, 0.5) is 0 Å². The van der Waals surface area contributed by atoms with E-state index in [0.717, 1.165) is 25.6 Å². The van der Waals surface area contributed by atoms with Gasteiger partial charge in [0.1, 0.15) is 11.8 Å². The Labute approximate surface area is 224 Å². The van der Waals surface area contributed by atoms with Crippen molar-refractivity contribution in [2.45, 2.75) is 45.8 Å². The van der Waals surface area contributed by atoms with Gasteiger partial charge in [-0.2, -0.15) is 0 Å². The number of ether oxygens (including phenoxy) is 1. The van der Waals surface area contributed by atoms with Gasteiger partial charge in [0.25, 0.3) is 5.91 Å². The number of amides is 2. The number of nitrogens with one attached hydrogen (secondary N) is 1. The second kappa shape index (κ2) is 12.9. The van der Waals surface area contributed by atoms with Gasteiger partial charge in [-0.15, -0.1) is 0 Å². The molecular weight excluding hydrogens is 572 g/mol. The summed E-state index contributed by atoms with van der Waals surface area (Å²) in [4.78, 5) is 28.5. The summed E-state index contributed by atoms with van der Waals surface area (Å²) in [6.45, 7) is 5.91. The normalized spacial score (nSPS) is 11.7. The van der Waals surface area contributed by atoms with Crippen molar-refractivity contribution in [3.05, 3.63) is 98.4 Å². The summed E-state index contributed by atoms with van der Waals surface area (Å²) in [7, 11) is 0. The van der Waals surface area contributed by atoms with Crippen LogP contribution in [0.25, 0.3) is 0 Å². The second-order valence-corrected chi connectivity index (χ2v) is 10.5. The molecule has 1 N–H and O–H groups in total. The van der Waals surface area contributed by atoms with E-state index in [0.29, 0.717) is 12.2 Å². The van der Waals surface area contributed by atoms with Crippen LogP contribution >= 0.6 is 31.9 Å². The fourth-order valence-corrected chi connectivity index (χ4v) is 4.17. The minimum Gasteiger partial charge on any atom is -0.484 e. The summed E-state index contributed by atoms with van der Waals surface area (Å²) >= 11 is 6.94. The number of aryl methyl sites for hydroxylation is 1. The summed E-state index contributed by atoms with van der Waals surface area (Å²) in [5.74, 6) is 0.163. The average Bonchev–Trinajstić information content (AvgIpc) is 2.83. The summed E-state index contributed by atoms with van der Waals surface area (Å²) in [6.07, 6.45) is 0.402. The molecule has 0 unspecified atom stereocenters. The third-order valence-corrected chi connectivity index (χ3v) is 6.88. The van der Waals surface area contributed by atoms with Crippen molar-refractivity contribution in [1.82, 2.24) is 10.2 Å². The lowest BCUT2D eigenvalue weighted by Gasteiger charge is -2.32. The van der Waals surface area contributed by atoms with E-state index in [-0.39, 0.29) is 31.0 Å². The summed E-state index contributed by atoms with van der Waals surface area (Å²) in [5, 5.41) is 2.99. The van der Waals surface area contributed by atoms with Crippen LogP contribution in [0, 0.1) is 6.92 Å². The number of carbonyl (C=O) groups excluding carboxylic acids is 2. The van der Waals surface area contributed by atoms with Crippen LogP contribution in [0.5, 0.6) is 5.75 Å². The predicted octanol–water partition coefficient (Wildman–Crippen LogP) is 6.06. The molecule has 0 saturated carbocycles. The fourth-order valence-electron chi connectivity index (χ4n) is 3.66. The second-order valence-electron chi connectivity index (χ2n) is 8.72. The zero-order valence-electron chi connectivity index (χ0n) is 20.1. The Morgan fingerprint density at radius 1 is 0.943 bits per heavy atom. The van der Waals surface area contributed by atoms with Crippen LogP contribution in [0.15, 0.2) is 81.7 Å². The van der Waals surface area contributed by atoms with Gasteiger partial charge in [0.05, 0.1) is 0 Å². The van der Waals surface area contributed by atoms with Crippen LogP contribution in [0.1, 0.15) is 30.5 Å². The Bertz CT molecular complexity index is 1130. The van der Waals surface area contributed by atoms with Crippen molar-refractivity contribution in [1.29, 1.82) is 0 Å². The molecule has 0 radical (unpaired) electrons. The Morgan fingerprint density at radius 2 is 1.63 bits per heavy atom. The first-order chi connectivity index (χ1) is 16.7. The lowest BCUT2D eigenvalue weighted by atomic mass is 10.0. The molecule has 0 aliphatic heterocycles. The lowest BCUT2D eigenvalue weighted by molar-refractivity contribution is -0.143. The number of halogens is 2. The number of carbonyl (C=O) groups is 2. The molecule has 35 heavy (non-hydrogen) atoms. The fraction of sp³-hybridized carbons (Fsp3) is 0.286. The molecule has 0 saturated heterocycles. The van der Waals surface area contributed by atoms with Crippen molar-refractivity contribution in [3.8, 4) is 5.75 Å². The zero-order valence-corrected chi connectivity index (χ0v) is 23.3. The molecule has 0 spiro atoms. The highest BCUT2D eigenvalue weighted by Gasteiger charge is 2.31. The van der Waals surface area contributed by atoms with E-state index in [2.05, 4.69) is 37.2 Å². The van der Waals surface area contributed by atoms with Gasteiger partial charge in [0.15, 0.2) is 6.61 Å². The standard InChI is InChI=1S/C28H30Br2N2O3/c1-19(2)31-28(34)26(16-21-7-5-4-6-8-21)32(17-22-9-11-23(29)12-10-22)27(33)18-35-24-13-14-25(30)20(3)15-24/h4-15,19,26H,16-18H2,1-3H3,(H,31,34)/t26-/m1/s1. The van der Waals surface area contributed by atoms with Crippen LogP contribution in [0.2, 0.25) is 0 Å². The molecule has 0 bridgehead atoms. The van der Waals surface area contributed by atoms with E-state index in [1.807, 2.05) is 93.6 Å². The Hall–Kier alpha value is -2.64. The topological polar surface area (TPSA) is 58.6 Å². The molecule has 0 heterocycles. The van der Waals surface area contributed by atoms with Gasteiger partial charge in [-0.25, -0.2) is 0 Å².